The van der Waals surface area contributed by atoms with E-state index in [0.29, 0.717) is 11.3 Å². The highest BCUT2D eigenvalue weighted by Gasteiger charge is 2.13. The van der Waals surface area contributed by atoms with Gasteiger partial charge >= 0.3 is 0 Å². The summed E-state index contributed by atoms with van der Waals surface area (Å²) in [4.78, 5) is 0. The van der Waals surface area contributed by atoms with Gasteiger partial charge in [0.1, 0.15) is 5.82 Å². The van der Waals surface area contributed by atoms with Crippen LogP contribution in [0.15, 0.2) is 23.4 Å². The summed E-state index contributed by atoms with van der Waals surface area (Å²) in [6, 6.07) is 4.17. The fourth-order valence-corrected chi connectivity index (χ4v) is 2.30. The summed E-state index contributed by atoms with van der Waals surface area (Å²) in [5.41, 5.74) is 6.65. The zero-order valence-electron chi connectivity index (χ0n) is 10.3. The van der Waals surface area contributed by atoms with Crippen molar-refractivity contribution in [2.24, 2.45) is 10.9 Å². The van der Waals surface area contributed by atoms with Gasteiger partial charge in [0.25, 0.3) is 0 Å². The van der Waals surface area contributed by atoms with Crippen molar-refractivity contribution >= 4 is 17.6 Å². The molecule has 4 nitrogen and oxygen atoms in total. The summed E-state index contributed by atoms with van der Waals surface area (Å²) in [5.74, 6) is 0.00137. The van der Waals surface area contributed by atoms with Crippen LogP contribution in [0.5, 0.6) is 0 Å². The van der Waals surface area contributed by atoms with E-state index in [2.05, 4.69) is 5.16 Å². The zero-order valence-corrected chi connectivity index (χ0v) is 11.1. The van der Waals surface area contributed by atoms with E-state index in [1.807, 2.05) is 6.92 Å². The van der Waals surface area contributed by atoms with Gasteiger partial charge in [-0.05, 0) is 24.6 Å². The van der Waals surface area contributed by atoms with Crippen LogP contribution >= 0.6 is 11.8 Å². The van der Waals surface area contributed by atoms with E-state index in [0.717, 1.165) is 5.56 Å². The van der Waals surface area contributed by atoms with Crippen LogP contribution in [0.4, 0.5) is 4.39 Å². The van der Waals surface area contributed by atoms with E-state index in [4.69, 9.17) is 10.9 Å². The zero-order chi connectivity index (χ0) is 13.7. The number of thioether (sulfide) groups is 1. The highest BCUT2D eigenvalue weighted by atomic mass is 32.2. The fourth-order valence-electron chi connectivity index (χ4n) is 1.33. The maximum atomic E-state index is 13.1. The van der Waals surface area contributed by atoms with E-state index < -0.39 is 11.9 Å². The second kappa shape index (κ2) is 6.61. The molecule has 0 aliphatic carbocycles. The van der Waals surface area contributed by atoms with Crippen LogP contribution in [0.1, 0.15) is 25.0 Å². The lowest BCUT2D eigenvalue weighted by Crippen LogP contribution is -2.18. The first kappa shape index (κ1) is 14.8. The molecule has 0 spiro atoms. The smallest absolute Gasteiger partial charge is 0.170 e. The highest BCUT2D eigenvalue weighted by molar-refractivity contribution is 7.99. The van der Waals surface area contributed by atoms with Gasteiger partial charge in [-0.1, -0.05) is 18.1 Å². The van der Waals surface area contributed by atoms with E-state index in [9.17, 15) is 9.50 Å². The summed E-state index contributed by atoms with van der Waals surface area (Å²) >= 11 is 1.52. The molecular weight excluding hydrogens is 255 g/mol. The minimum atomic E-state index is -0.436. The van der Waals surface area contributed by atoms with E-state index in [1.165, 1.54) is 23.9 Å². The molecule has 100 valence electrons. The van der Waals surface area contributed by atoms with Crippen molar-refractivity contribution in [3.05, 3.63) is 35.1 Å². The Hall–Kier alpha value is -1.27. The van der Waals surface area contributed by atoms with Crippen LogP contribution in [0, 0.1) is 5.82 Å². The standard InChI is InChI=1S/C12H17FN2O2S/c1-7(16)8(2)18-6-9-3-4-10(13)5-11(9)12(14)15-17/h3-5,7-8,16-17H,6H2,1-2H3,(H2,14,15). The largest absolute Gasteiger partial charge is 0.409 e. The lowest BCUT2D eigenvalue weighted by atomic mass is 10.1. The first-order valence-electron chi connectivity index (χ1n) is 5.51. The average molecular weight is 272 g/mol. The second-order valence-electron chi connectivity index (χ2n) is 4.04. The number of aliphatic hydroxyl groups excluding tert-OH is 1. The Morgan fingerprint density at radius 2 is 2.17 bits per heavy atom. The number of rotatable bonds is 5. The average Bonchev–Trinajstić information content (AvgIpc) is 2.35. The Morgan fingerprint density at radius 1 is 1.50 bits per heavy atom. The lowest BCUT2D eigenvalue weighted by Gasteiger charge is -2.15. The number of nitrogens with two attached hydrogens (primary N) is 1. The van der Waals surface area contributed by atoms with Crippen LogP contribution < -0.4 is 5.73 Å². The van der Waals surface area contributed by atoms with Crippen LogP contribution in [-0.4, -0.2) is 27.5 Å². The molecule has 0 heterocycles. The van der Waals surface area contributed by atoms with Crippen molar-refractivity contribution in [2.75, 3.05) is 0 Å². The maximum Gasteiger partial charge on any atom is 0.170 e. The summed E-state index contributed by atoms with van der Waals surface area (Å²) < 4.78 is 13.1. The van der Waals surface area contributed by atoms with Crippen LogP contribution in [0.2, 0.25) is 0 Å². The van der Waals surface area contributed by atoms with Gasteiger partial charge in [0.15, 0.2) is 5.84 Å². The molecular formula is C12H17FN2O2S. The molecule has 0 aliphatic heterocycles. The molecule has 1 aromatic carbocycles. The van der Waals surface area contributed by atoms with Gasteiger partial charge in [0.05, 0.1) is 6.10 Å². The monoisotopic (exact) mass is 272 g/mol. The Bertz CT molecular complexity index is 438. The quantitative estimate of drug-likeness (QED) is 0.331. The number of aliphatic hydroxyl groups is 1. The molecule has 4 N–H and O–H groups in total. The number of nitrogens with zero attached hydrogens (tertiary/aromatic N) is 1. The number of hydrogen-bond donors (Lipinski definition) is 3. The SMILES string of the molecule is CC(O)C(C)SCc1ccc(F)cc1/C(N)=N/O. The van der Waals surface area contributed by atoms with E-state index in [-0.39, 0.29) is 11.1 Å². The van der Waals surface area contributed by atoms with Gasteiger partial charge in [-0.25, -0.2) is 4.39 Å². The summed E-state index contributed by atoms with van der Waals surface area (Å²) in [6.07, 6.45) is -0.428. The van der Waals surface area contributed by atoms with E-state index >= 15 is 0 Å². The van der Waals surface area contributed by atoms with Crippen LogP contribution in [-0.2, 0) is 5.75 Å². The molecule has 0 aliphatic rings. The third kappa shape index (κ3) is 3.89. The summed E-state index contributed by atoms with van der Waals surface area (Å²) in [6.45, 7) is 3.62. The molecule has 0 aromatic heterocycles. The van der Waals surface area contributed by atoms with E-state index in [1.54, 1.807) is 13.0 Å². The van der Waals surface area contributed by atoms with Gasteiger partial charge in [0, 0.05) is 16.6 Å². The van der Waals surface area contributed by atoms with Gasteiger partial charge in [0.2, 0.25) is 0 Å². The number of benzene rings is 1. The van der Waals surface area contributed by atoms with Crippen molar-refractivity contribution < 1.29 is 14.7 Å². The molecule has 0 saturated heterocycles. The Morgan fingerprint density at radius 3 is 2.72 bits per heavy atom. The first-order chi connectivity index (χ1) is 8.45. The summed E-state index contributed by atoms with van der Waals surface area (Å²) in [7, 11) is 0. The molecule has 0 saturated carbocycles. The minimum absolute atomic E-state index is 0.0511. The number of amidine groups is 1. The molecule has 6 heteroatoms. The molecule has 2 atom stereocenters. The highest BCUT2D eigenvalue weighted by Crippen LogP contribution is 2.23. The molecule has 0 radical (unpaired) electrons. The second-order valence-corrected chi connectivity index (χ2v) is 5.41. The van der Waals surface area contributed by atoms with Gasteiger partial charge < -0.3 is 16.0 Å². The Balaban J connectivity index is 2.88. The van der Waals surface area contributed by atoms with Crippen LogP contribution in [0.25, 0.3) is 0 Å². The van der Waals surface area contributed by atoms with Crippen molar-refractivity contribution in [2.45, 2.75) is 31.0 Å². The number of oxime groups is 1. The normalized spacial score (nSPS) is 15.4. The fraction of sp³-hybridized carbons (Fsp3) is 0.417. The number of halogens is 1. The number of hydrogen-bond acceptors (Lipinski definition) is 4. The predicted molar refractivity (Wildman–Crippen MR) is 71.3 cm³/mol. The molecule has 1 aromatic rings. The Labute approximate surface area is 110 Å². The maximum absolute atomic E-state index is 13.1. The molecule has 0 fully saturated rings. The summed E-state index contributed by atoms with van der Waals surface area (Å²) in [5, 5.41) is 21.0. The third-order valence-corrected chi connectivity index (χ3v) is 4.03. The predicted octanol–water partition coefficient (Wildman–Crippen LogP) is 1.92. The molecule has 0 bridgehead atoms. The van der Waals surface area contributed by atoms with Crippen molar-refractivity contribution in [3.8, 4) is 0 Å². The van der Waals surface area contributed by atoms with Crippen molar-refractivity contribution in [3.63, 3.8) is 0 Å². The van der Waals surface area contributed by atoms with Gasteiger partial charge in [-0.3, -0.25) is 0 Å². The topological polar surface area (TPSA) is 78.8 Å². The lowest BCUT2D eigenvalue weighted by molar-refractivity contribution is 0.196. The first-order valence-corrected chi connectivity index (χ1v) is 6.56. The minimum Gasteiger partial charge on any atom is -0.409 e. The molecule has 2 unspecified atom stereocenters. The molecule has 1 rings (SSSR count). The molecule has 18 heavy (non-hydrogen) atoms. The third-order valence-electron chi connectivity index (χ3n) is 2.64. The van der Waals surface area contributed by atoms with Crippen molar-refractivity contribution in [1.82, 2.24) is 0 Å². The Kier molecular flexibility index (Phi) is 5.43. The van der Waals surface area contributed by atoms with Gasteiger partial charge in [-0.15, -0.1) is 0 Å². The van der Waals surface area contributed by atoms with Crippen LogP contribution in [0.3, 0.4) is 0 Å². The van der Waals surface area contributed by atoms with Gasteiger partial charge in [-0.2, -0.15) is 11.8 Å². The molecule has 0 amide bonds. The van der Waals surface area contributed by atoms with Crippen molar-refractivity contribution in [1.29, 1.82) is 0 Å².